The molecule has 29 heavy (non-hydrogen) atoms. The van der Waals surface area contributed by atoms with E-state index in [1.165, 1.54) is 11.1 Å². The molecule has 152 valence electrons. The Bertz CT molecular complexity index is 881. The van der Waals surface area contributed by atoms with Crippen LogP contribution in [0.4, 0.5) is 0 Å². The molecule has 0 spiro atoms. The minimum atomic E-state index is 0.0839. The second kappa shape index (κ2) is 8.70. The molecule has 5 nitrogen and oxygen atoms in total. The lowest BCUT2D eigenvalue weighted by molar-refractivity contribution is -0.127. The van der Waals surface area contributed by atoms with E-state index in [2.05, 4.69) is 49.1 Å². The maximum atomic E-state index is 12.5. The largest absolute Gasteiger partial charge is 0.454 e. The number of benzene rings is 2. The first kappa shape index (κ1) is 19.5. The van der Waals surface area contributed by atoms with Crippen molar-refractivity contribution in [1.29, 1.82) is 0 Å². The summed E-state index contributed by atoms with van der Waals surface area (Å²) >= 11 is 0. The van der Waals surface area contributed by atoms with Gasteiger partial charge in [-0.3, -0.25) is 9.69 Å². The van der Waals surface area contributed by atoms with Crippen molar-refractivity contribution in [2.24, 2.45) is 0 Å². The van der Waals surface area contributed by atoms with E-state index in [4.69, 9.17) is 9.47 Å². The molecule has 0 atom stereocenters. The highest BCUT2D eigenvalue weighted by Gasteiger charge is 2.20. The molecule has 4 rings (SSSR count). The van der Waals surface area contributed by atoms with E-state index in [1.54, 1.807) is 6.08 Å². The van der Waals surface area contributed by atoms with Crippen LogP contribution in [0.2, 0.25) is 0 Å². The third kappa shape index (κ3) is 4.80. The maximum Gasteiger partial charge on any atom is 0.246 e. The lowest BCUT2D eigenvalue weighted by Gasteiger charge is -2.34. The smallest absolute Gasteiger partial charge is 0.246 e. The van der Waals surface area contributed by atoms with Crippen LogP contribution in [-0.2, 0) is 11.3 Å². The van der Waals surface area contributed by atoms with Gasteiger partial charge in [0.2, 0.25) is 12.7 Å². The molecule has 0 bridgehead atoms. The quantitative estimate of drug-likeness (QED) is 0.724. The molecule has 0 saturated carbocycles. The lowest BCUT2D eigenvalue weighted by Crippen LogP contribution is -2.47. The zero-order valence-electron chi connectivity index (χ0n) is 17.1. The summed E-state index contributed by atoms with van der Waals surface area (Å²) in [6.45, 7) is 8.76. The standard InChI is InChI=1S/C24H28N2O3/c1-18(2)21-7-3-19(4-8-21)6-10-24(27)26-13-11-25(12-14-26)16-20-5-9-22-23(15-20)29-17-28-22/h3-10,15,18H,11-14,16-17H2,1-2H3/b10-6+. The summed E-state index contributed by atoms with van der Waals surface area (Å²) in [4.78, 5) is 16.8. The van der Waals surface area contributed by atoms with Crippen molar-refractivity contribution >= 4 is 12.0 Å². The molecule has 2 aromatic rings. The minimum absolute atomic E-state index is 0.0839. The Labute approximate surface area is 172 Å². The summed E-state index contributed by atoms with van der Waals surface area (Å²) in [7, 11) is 0. The van der Waals surface area contributed by atoms with Gasteiger partial charge in [0, 0.05) is 38.8 Å². The molecular weight excluding hydrogens is 364 g/mol. The second-order valence-corrected chi connectivity index (χ2v) is 7.94. The second-order valence-electron chi connectivity index (χ2n) is 7.94. The molecule has 2 aromatic carbocycles. The number of hydrogen-bond donors (Lipinski definition) is 0. The maximum absolute atomic E-state index is 12.5. The van der Waals surface area contributed by atoms with Crippen LogP contribution in [0.5, 0.6) is 11.5 Å². The van der Waals surface area contributed by atoms with Gasteiger partial charge < -0.3 is 14.4 Å². The van der Waals surface area contributed by atoms with Crippen molar-refractivity contribution < 1.29 is 14.3 Å². The first-order valence-electron chi connectivity index (χ1n) is 10.3. The summed E-state index contributed by atoms with van der Waals surface area (Å²) < 4.78 is 10.8. The van der Waals surface area contributed by atoms with E-state index in [9.17, 15) is 4.79 Å². The number of carbonyl (C=O) groups is 1. The molecule has 2 heterocycles. The Morgan fingerprint density at radius 3 is 2.45 bits per heavy atom. The first-order valence-corrected chi connectivity index (χ1v) is 10.3. The highest BCUT2D eigenvalue weighted by atomic mass is 16.7. The van der Waals surface area contributed by atoms with Crippen molar-refractivity contribution in [2.45, 2.75) is 26.3 Å². The summed E-state index contributed by atoms with van der Waals surface area (Å²) in [6, 6.07) is 14.5. The van der Waals surface area contributed by atoms with Crippen LogP contribution in [0, 0.1) is 0 Å². The van der Waals surface area contributed by atoms with Gasteiger partial charge in [-0.15, -0.1) is 0 Å². The Balaban J connectivity index is 1.27. The van der Waals surface area contributed by atoms with E-state index in [0.29, 0.717) is 12.7 Å². The molecule has 0 unspecified atom stereocenters. The van der Waals surface area contributed by atoms with Gasteiger partial charge >= 0.3 is 0 Å². The van der Waals surface area contributed by atoms with E-state index < -0.39 is 0 Å². The molecule has 1 amide bonds. The fourth-order valence-corrected chi connectivity index (χ4v) is 3.69. The highest BCUT2D eigenvalue weighted by molar-refractivity contribution is 5.91. The van der Waals surface area contributed by atoms with Crippen LogP contribution in [0.1, 0.15) is 36.5 Å². The Morgan fingerprint density at radius 1 is 1.00 bits per heavy atom. The van der Waals surface area contributed by atoms with E-state index in [-0.39, 0.29) is 5.91 Å². The van der Waals surface area contributed by atoms with Crippen LogP contribution in [0.25, 0.3) is 6.08 Å². The third-order valence-corrected chi connectivity index (χ3v) is 5.55. The fourth-order valence-electron chi connectivity index (χ4n) is 3.69. The molecule has 1 saturated heterocycles. The molecule has 1 fully saturated rings. The van der Waals surface area contributed by atoms with Gasteiger partial charge in [-0.05, 0) is 40.8 Å². The Hall–Kier alpha value is -2.79. The van der Waals surface area contributed by atoms with Crippen molar-refractivity contribution in [3.05, 3.63) is 65.2 Å². The Morgan fingerprint density at radius 2 is 1.72 bits per heavy atom. The van der Waals surface area contributed by atoms with Gasteiger partial charge in [-0.2, -0.15) is 0 Å². The topological polar surface area (TPSA) is 42.0 Å². The van der Waals surface area contributed by atoms with Crippen LogP contribution in [0.3, 0.4) is 0 Å². The number of hydrogen-bond acceptors (Lipinski definition) is 4. The molecule has 0 N–H and O–H groups in total. The number of rotatable bonds is 5. The number of carbonyl (C=O) groups excluding carboxylic acids is 1. The molecule has 0 aliphatic carbocycles. The average Bonchev–Trinajstić information content (AvgIpc) is 3.21. The summed E-state index contributed by atoms with van der Waals surface area (Å²) in [5.41, 5.74) is 3.58. The number of fused-ring (bicyclic) bond motifs is 1. The number of piperazine rings is 1. The predicted octanol–water partition coefficient (Wildman–Crippen LogP) is 3.90. The molecule has 5 heteroatoms. The molecule has 2 aliphatic heterocycles. The molecule has 2 aliphatic rings. The minimum Gasteiger partial charge on any atom is -0.454 e. The normalized spacial score (nSPS) is 16.7. The zero-order valence-corrected chi connectivity index (χ0v) is 17.1. The molecular formula is C24H28N2O3. The van der Waals surface area contributed by atoms with Gasteiger partial charge in [0.25, 0.3) is 0 Å². The van der Waals surface area contributed by atoms with Gasteiger partial charge in [-0.25, -0.2) is 0 Å². The van der Waals surface area contributed by atoms with Gasteiger partial charge in [0.15, 0.2) is 11.5 Å². The number of nitrogens with zero attached hydrogens (tertiary/aromatic N) is 2. The molecule has 0 radical (unpaired) electrons. The first-order chi connectivity index (χ1) is 14.1. The van der Waals surface area contributed by atoms with Crippen LogP contribution in [-0.4, -0.2) is 48.7 Å². The third-order valence-electron chi connectivity index (χ3n) is 5.55. The number of ether oxygens (including phenoxy) is 2. The van der Waals surface area contributed by atoms with Crippen LogP contribution >= 0.6 is 0 Å². The van der Waals surface area contributed by atoms with Gasteiger partial charge in [0.1, 0.15) is 0 Å². The van der Waals surface area contributed by atoms with Gasteiger partial charge in [0.05, 0.1) is 0 Å². The zero-order chi connectivity index (χ0) is 20.2. The SMILES string of the molecule is CC(C)c1ccc(/C=C/C(=O)N2CCN(Cc3ccc4c(c3)OCO4)CC2)cc1. The van der Waals surface area contributed by atoms with E-state index >= 15 is 0 Å². The number of amides is 1. The Kier molecular flexibility index (Phi) is 5.86. The van der Waals surface area contributed by atoms with E-state index in [1.807, 2.05) is 23.1 Å². The van der Waals surface area contributed by atoms with Crippen molar-refractivity contribution in [1.82, 2.24) is 9.80 Å². The van der Waals surface area contributed by atoms with E-state index in [0.717, 1.165) is 49.8 Å². The van der Waals surface area contributed by atoms with Crippen molar-refractivity contribution in [3.8, 4) is 11.5 Å². The van der Waals surface area contributed by atoms with Crippen molar-refractivity contribution in [2.75, 3.05) is 33.0 Å². The summed E-state index contributed by atoms with van der Waals surface area (Å²) in [6.07, 6.45) is 3.60. The van der Waals surface area contributed by atoms with Crippen LogP contribution in [0.15, 0.2) is 48.5 Å². The van der Waals surface area contributed by atoms with Crippen molar-refractivity contribution in [3.63, 3.8) is 0 Å². The monoisotopic (exact) mass is 392 g/mol. The average molecular weight is 392 g/mol. The molecule has 0 aromatic heterocycles. The van der Waals surface area contributed by atoms with Crippen LogP contribution < -0.4 is 9.47 Å². The lowest BCUT2D eigenvalue weighted by atomic mass is 10.0. The predicted molar refractivity (Wildman–Crippen MR) is 114 cm³/mol. The van der Waals surface area contributed by atoms with Gasteiger partial charge in [-0.1, -0.05) is 44.2 Å². The summed E-state index contributed by atoms with van der Waals surface area (Å²) in [5.74, 6) is 2.24. The fraction of sp³-hybridized carbons (Fsp3) is 0.375. The highest BCUT2D eigenvalue weighted by Crippen LogP contribution is 2.32. The summed E-state index contributed by atoms with van der Waals surface area (Å²) in [5, 5.41) is 0.